The van der Waals surface area contributed by atoms with Crippen LogP contribution in [0.4, 0.5) is 0 Å². The molecule has 1 unspecified atom stereocenters. The van der Waals surface area contributed by atoms with E-state index in [2.05, 4.69) is 52.4 Å². The first-order valence-corrected chi connectivity index (χ1v) is 7.99. The molecule has 1 atom stereocenters. The number of methoxy groups -OCH3 is 1. The molecule has 0 radical (unpaired) electrons. The van der Waals surface area contributed by atoms with Gasteiger partial charge in [0.25, 0.3) is 0 Å². The molecule has 1 aromatic carbocycles. The summed E-state index contributed by atoms with van der Waals surface area (Å²) in [6, 6.07) is 11.4. The topological polar surface area (TPSA) is 27.7 Å². The van der Waals surface area contributed by atoms with E-state index >= 15 is 0 Å². The molecular weight excluding hydrogens is 262 g/mol. The Kier molecular flexibility index (Phi) is 7.16. The summed E-state index contributed by atoms with van der Waals surface area (Å²) in [6.07, 6.45) is 0. The summed E-state index contributed by atoms with van der Waals surface area (Å²) in [5.74, 6) is 0. The van der Waals surface area contributed by atoms with Crippen molar-refractivity contribution in [2.45, 2.75) is 19.5 Å². The summed E-state index contributed by atoms with van der Waals surface area (Å²) >= 11 is 0. The average Bonchev–Trinajstić information content (AvgIpc) is 2.53. The number of hydrogen-bond acceptors (Lipinski definition) is 4. The Labute approximate surface area is 129 Å². The van der Waals surface area contributed by atoms with Crippen LogP contribution in [0.5, 0.6) is 0 Å². The Balaban J connectivity index is 1.65. The zero-order chi connectivity index (χ0) is 14.9. The molecule has 1 saturated heterocycles. The molecule has 4 heteroatoms. The second-order valence-corrected chi connectivity index (χ2v) is 5.84. The van der Waals surface area contributed by atoms with E-state index in [1.807, 2.05) is 0 Å². The van der Waals surface area contributed by atoms with Crippen molar-refractivity contribution in [3.05, 3.63) is 35.9 Å². The maximum Gasteiger partial charge on any atom is 0.0587 e. The quantitative estimate of drug-likeness (QED) is 0.733. The van der Waals surface area contributed by atoms with Crippen molar-refractivity contribution < 1.29 is 4.74 Å². The summed E-state index contributed by atoms with van der Waals surface area (Å²) in [7, 11) is 1.75. The average molecular weight is 291 g/mol. The van der Waals surface area contributed by atoms with Gasteiger partial charge in [-0.25, -0.2) is 0 Å². The maximum atomic E-state index is 5.06. The van der Waals surface area contributed by atoms with Gasteiger partial charge in [0, 0.05) is 59.0 Å². The fourth-order valence-electron chi connectivity index (χ4n) is 2.82. The van der Waals surface area contributed by atoms with Gasteiger partial charge in [0.2, 0.25) is 0 Å². The second-order valence-electron chi connectivity index (χ2n) is 5.84. The lowest BCUT2D eigenvalue weighted by Gasteiger charge is -2.38. The molecule has 1 heterocycles. The molecule has 1 aliphatic heterocycles. The van der Waals surface area contributed by atoms with Crippen molar-refractivity contribution in [3.8, 4) is 0 Å². The monoisotopic (exact) mass is 291 g/mol. The van der Waals surface area contributed by atoms with E-state index in [4.69, 9.17) is 4.74 Å². The minimum atomic E-state index is 0.598. The molecule has 118 valence electrons. The third kappa shape index (κ3) is 5.75. The van der Waals surface area contributed by atoms with Crippen LogP contribution < -0.4 is 5.32 Å². The van der Waals surface area contributed by atoms with E-state index in [0.717, 1.165) is 39.3 Å². The van der Waals surface area contributed by atoms with E-state index in [1.165, 1.54) is 18.7 Å². The first-order chi connectivity index (χ1) is 10.3. The van der Waals surface area contributed by atoms with Crippen molar-refractivity contribution >= 4 is 0 Å². The van der Waals surface area contributed by atoms with E-state index < -0.39 is 0 Å². The van der Waals surface area contributed by atoms with Gasteiger partial charge >= 0.3 is 0 Å². The molecule has 1 fully saturated rings. The smallest absolute Gasteiger partial charge is 0.0587 e. The molecule has 0 spiro atoms. The van der Waals surface area contributed by atoms with Gasteiger partial charge in [0.1, 0.15) is 0 Å². The van der Waals surface area contributed by atoms with Gasteiger partial charge in [-0.1, -0.05) is 30.3 Å². The Hall–Kier alpha value is -0.940. The van der Waals surface area contributed by atoms with E-state index in [-0.39, 0.29) is 0 Å². The van der Waals surface area contributed by atoms with Gasteiger partial charge in [0.05, 0.1) is 6.61 Å². The Morgan fingerprint density at radius 2 is 1.86 bits per heavy atom. The summed E-state index contributed by atoms with van der Waals surface area (Å²) < 4.78 is 5.06. The molecule has 1 N–H and O–H groups in total. The van der Waals surface area contributed by atoms with Crippen molar-refractivity contribution in [1.29, 1.82) is 0 Å². The Morgan fingerprint density at radius 3 is 2.52 bits per heavy atom. The van der Waals surface area contributed by atoms with Crippen LogP contribution in [0.1, 0.15) is 12.5 Å². The highest BCUT2D eigenvalue weighted by molar-refractivity contribution is 5.14. The zero-order valence-corrected chi connectivity index (χ0v) is 13.4. The lowest BCUT2D eigenvalue weighted by atomic mass is 10.2. The molecule has 2 rings (SSSR count). The second kappa shape index (κ2) is 9.15. The minimum Gasteiger partial charge on any atom is -0.383 e. The maximum absolute atomic E-state index is 5.06. The molecule has 21 heavy (non-hydrogen) atoms. The number of piperazine rings is 1. The van der Waals surface area contributed by atoms with Crippen LogP contribution in [0.25, 0.3) is 0 Å². The first-order valence-electron chi connectivity index (χ1n) is 7.99. The first kappa shape index (κ1) is 16.4. The highest BCUT2D eigenvalue weighted by Gasteiger charge is 2.20. The van der Waals surface area contributed by atoms with Crippen LogP contribution in [0.2, 0.25) is 0 Å². The number of nitrogens with one attached hydrogen (secondary N) is 1. The highest BCUT2D eigenvalue weighted by Crippen LogP contribution is 2.10. The number of rotatable bonds is 8. The summed E-state index contributed by atoms with van der Waals surface area (Å²) in [5, 5.41) is 3.45. The molecule has 1 aliphatic rings. The Bertz CT molecular complexity index is 377. The summed E-state index contributed by atoms with van der Waals surface area (Å²) in [4.78, 5) is 5.14. The number of hydrogen-bond donors (Lipinski definition) is 1. The third-order valence-electron chi connectivity index (χ3n) is 4.20. The number of nitrogens with zero attached hydrogens (tertiary/aromatic N) is 2. The lowest BCUT2D eigenvalue weighted by Crippen LogP contribution is -2.51. The summed E-state index contributed by atoms with van der Waals surface area (Å²) in [6.45, 7) is 10.8. The molecule has 1 aromatic rings. The van der Waals surface area contributed by atoms with Crippen LogP contribution in [-0.2, 0) is 11.3 Å². The fourth-order valence-corrected chi connectivity index (χ4v) is 2.82. The van der Waals surface area contributed by atoms with Crippen molar-refractivity contribution in [2.75, 3.05) is 53.0 Å². The van der Waals surface area contributed by atoms with Crippen LogP contribution in [-0.4, -0.2) is 68.8 Å². The van der Waals surface area contributed by atoms with Gasteiger partial charge in [0.15, 0.2) is 0 Å². The molecular formula is C17H29N3O. The lowest BCUT2D eigenvalue weighted by molar-refractivity contribution is 0.0962. The van der Waals surface area contributed by atoms with E-state index in [0.29, 0.717) is 6.04 Å². The van der Waals surface area contributed by atoms with Gasteiger partial charge in [-0.15, -0.1) is 0 Å². The largest absolute Gasteiger partial charge is 0.383 e. The van der Waals surface area contributed by atoms with Crippen LogP contribution in [0.3, 0.4) is 0 Å². The normalized spacial score (nSPS) is 18.8. The van der Waals surface area contributed by atoms with Crippen molar-refractivity contribution in [3.63, 3.8) is 0 Å². The third-order valence-corrected chi connectivity index (χ3v) is 4.20. The van der Waals surface area contributed by atoms with Crippen molar-refractivity contribution in [1.82, 2.24) is 15.1 Å². The number of ether oxygens (including phenoxy) is 1. The van der Waals surface area contributed by atoms with Gasteiger partial charge in [-0.3, -0.25) is 9.80 Å². The van der Waals surface area contributed by atoms with Crippen molar-refractivity contribution in [2.24, 2.45) is 0 Å². The SMILES string of the molecule is COCCNCC(C)N1CCN(Cc2ccccc2)CC1. The van der Waals surface area contributed by atoms with Gasteiger partial charge in [-0.2, -0.15) is 0 Å². The highest BCUT2D eigenvalue weighted by atomic mass is 16.5. The molecule has 0 bridgehead atoms. The number of benzene rings is 1. The molecule has 0 saturated carbocycles. The molecule has 0 amide bonds. The van der Waals surface area contributed by atoms with Crippen LogP contribution in [0.15, 0.2) is 30.3 Å². The molecule has 4 nitrogen and oxygen atoms in total. The molecule has 0 aromatic heterocycles. The zero-order valence-electron chi connectivity index (χ0n) is 13.4. The molecule has 0 aliphatic carbocycles. The summed E-state index contributed by atoms with van der Waals surface area (Å²) in [5.41, 5.74) is 1.42. The minimum absolute atomic E-state index is 0.598. The van der Waals surface area contributed by atoms with Crippen LogP contribution >= 0.6 is 0 Å². The van der Waals surface area contributed by atoms with Gasteiger partial charge in [-0.05, 0) is 12.5 Å². The predicted molar refractivity (Wildman–Crippen MR) is 87.5 cm³/mol. The van der Waals surface area contributed by atoms with Crippen LogP contribution in [0, 0.1) is 0 Å². The Morgan fingerprint density at radius 1 is 1.14 bits per heavy atom. The standard InChI is InChI=1S/C17H29N3O/c1-16(14-18-8-13-21-2)20-11-9-19(10-12-20)15-17-6-4-3-5-7-17/h3-7,16,18H,8-15H2,1-2H3. The predicted octanol–water partition coefficient (Wildman–Crippen LogP) is 1.43. The fraction of sp³-hybridized carbons (Fsp3) is 0.647. The van der Waals surface area contributed by atoms with E-state index in [1.54, 1.807) is 7.11 Å². The van der Waals surface area contributed by atoms with E-state index in [9.17, 15) is 0 Å². The van der Waals surface area contributed by atoms with Gasteiger partial charge < -0.3 is 10.1 Å².